The van der Waals surface area contributed by atoms with Gasteiger partial charge in [0.1, 0.15) is 5.54 Å². The topological polar surface area (TPSA) is 62.3 Å². The number of nitrogens with zero attached hydrogens (tertiary/aromatic N) is 2. The number of aryl methyl sites for hydroxylation is 3. The standard InChI is InChI=1S/C18H21N3O2S/c1-12-15(24-13(2)19-12)11-21-16(22)18(3,20-17(21)23)10-9-14-7-5-4-6-8-14/h4-8H,9-11H2,1-3H3,(H,20,23). The van der Waals surface area contributed by atoms with Gasteiger partial charge in [-0.25, -0.2) is 9.78 Å². The van der Waals surface area contributed by atoms with E-state index in [2.05, 4.69) is 10.3 Å². The Bertz CT molecular complexity index is 772. The summed E-state index contributed by atoms with van der Waals surface area (Å²) >= 11 is 1.53. The molecule has 0 spiro atoms. The molecule has 1 atom stereocenters. The summed E-state index contributed by atoms with van der Waals surface area (Å²) in [4.78, 5) is 31.8. The number of amides is 3. The zero-order chi connectivity index (χ0) is 17.3. The normalized spacial score (nSPS) is 20.5. The second-order valence-electron chi connectivity index (χ2n) is 6.38. The molecule has 1 aromatic heterocycles. The zero-order valence-electron chi connectivity index (χ0n) is 14.1. The monoisotopic (exact) mass is 343 g/mol. The average Bonchev–Trinajstić information content (AvgIpc) is 2.98. The molecule has 3 rings (SSSR count). The number of benzene rings is 1. The van der Waals surface area contributed by atoms with Crippen LogP contribution < -0.4 is 5.32 Å². The van der Waals surface area contributed by atoms with Gasteiger partial charge in [0.15, 0.2) is 0 Å². The van der Waals surface area contributed by atoms with Crippen molar-refractivity contribution in [3.8, 4) is 0 Å². The number of nitrogens with one attached hydrogen (secondary N) is 1. The molecule has 1 aliphatic rings. The molecule has 1 unspecified atom stereocenters. The highest BCUT2D eigenvalue weighted by atomic mass is 32.1. The van der Waals surface area contributed by atoms with Gasteiger partial charge in [0, 0.05) is 4.88 Å². The quantitative estimate of drug-likeness (QED) is 0.848. The van der Waals surface area contributed by atoms with Crippen molar-refractivity contribution in [3.63, 3.8) is 0 Å². The summed E-state index contributed by atoms with van der Waals surface area (Å²) in [6.07, 6.45) is 1.33. The summed E-state index contributed by atoms with van der Waals surface area (Å²) in [7, 11) is 0. The minimum Gasteiger partial charge on any atom is -0.323 e. The molecule has 2 aromatic rings. The highest BCUT2D eigenvalue weighted by Crippen LogP contribution is 2.27. The molecule has 0 aliphatic carbocycles. The van der Waals surface area contributed by atoms with E-state index < -0.39 is 5.54 Å². The van der Waals surface area contributed by atoms with E-state index in [1.165, 1.54) is 16.2 Å². The van der Waals surface area contributed by atoms with Crippen molar-refractivity contribution in [3.05, 3.63) is 51.5 Å². The first-order chi connectivity index (χ1) is 11.4. The molecule has 0 bridgehead atoms. The van der Waals surface area contributed by atoms with Crippen LogP contribution in [-0.2, 0) is 17.8 Å². The van der Waals surface area contributed by atoms with Crippen LogP contribution in [-0.4, -0.2) is 27.4 Å². The minimum absolute atomic E-state index is 0.158. The Morgan fingerprint density at radius 2 is 1.92 bits per heavy atom. The van der Waals surface area contributed by atoms with Crippen LogP contribution in [0.4, 0.5) is 4.79 Å². The molecule has 5 nitrogen and oxygen atoms in total. The van der Waals surface area contributed by atoms with Gasteiger partial charge in [-0.2, -0.15) is 0 Å². The maximum atomic E-state index is 12.8. The number of rotatable bonds is 5. The molecule has 1 aromatic carbocycles. The van der Waals surface area contributed by atoms with E-state index in [-0.39, 0.29) is 11.9 Å². The van der Waals surface area contributed by atoms with Crippen molar-refractivity contribution >= 4 is 23.3 Å². The van der Waals surface area contributed by atoms with Gasteiger partial charge in [-0.3, -0.25) is 9.69 Å². The third kappa shape index (κ3) is 3.19. The maximum absolute atomic E-state index is 12.8. The Balaban J connectivity index is 1.72. The Morgan fingerprint density at radius 1 is 1.21 bits per heavy atom. The molecule has 6 heteroatoms. The van der Waals surface area contributed by atoms with Gasteiger partial charge in [-0.15, -0.1) is 11.3 Å². The first-order valence-corrected chi connectivity index (χ1v) is 8.81. The summed E-state index contributed by atoms with van der Waals surface area (Å²) in [6, 6.07) is 9.68. The predicted molar refractivity (Wildman–Crippen MR) is 93.8 cm³/mol. The van der Waals surface area contributed by atoms with Crippen molar-refractivity contribution in [2.45, 2.75) is 45.7 Å². The largest absolute Gasteiger partial charge is 0.325 e. The van der Waals surface area contributed by atoms with Crippen LogP contribution in [0.3, 0.4) is 0 Å². The molecule has 24 heavy (non-hydrogen) atoms. The Morgan fingerprint density at radius 3 is 2.54 bits per heavy atom. The molecular weight excluding hydrogens is 322 g/mol. The summed E-state index contributed by atoms with van der Waals surface area (Å²) in [5, 5.41) is 3.81. The lowest BCUT2D eigenvalue weighted by molar-refractivity contribution is -0.131. The van der Waals surface area contributed by atoms with Gasteiger partial charge in [0.05, 0.1) is 17.2 Å². The lowest BCUT2D eigenvalue weighted by atomic mass is 9.93. The van der Waals surface area contributed by atoms with E-state index >= 15 is 0 Å². The molecule has 126 valence electrons. The third-order valence-electron chi connectivity index (χ3n) is 4.40. The summed E-state index contributed by atoms with van der Waals surface area (Å²) in [5.41, 5.74) is 1.20. The van der Waals surface area contributed by atoms with Crippen LogP contribution >= 0.6 is 11.3 Å². The van der Waals surface area contributed by atoms with E-state index in [1.54, 1.807) is 6.92 Å². The number of carbonyl (C=O) groups is 2. The number of aromatic nitrogens is 1. The second-order valence-corrected chi connectivity index (χ2v) is 7.67. The van der Waals surface area contributed by atoms with E-state index in [0.717, 1.165) is 27.6 Å². The van der Waals surface area contributed by atoms with E-state index in [1.807, 2.05) is 44.2 Å². The van der Waals surface area contributed by atoms with E-state index in [9.17, 15) is 9.59 Å². The lowest BCUT2D eigenvalue weighted by Gasteiger charge is -2.21. The maximum Gasteiger partial charge on any atom is 0.325 e. The first-order valence-electron chi connectivity index (χ1n) is 8.00. The van der Waals surface area contributed by atoms with Gasteiger partial charge in [0.25, 0.3) is 5.91 Å². The van der Waals surface area contributed by atoms with Crippen molar-refractivity contribution in [2.24, 2.45) is 0 Å². The molecule has 1 N–H and O–H groups in total. The van der Waals surface area contributed by atoms with Crippen LogP contribution in [0, 0.1) is 13.8 Å². The number of imide groups is 1. The molecule has 1 aliphatic heterocycles. The van der Waals surface area contributed by atoms with Gasteiger partial charge >= 0.3 is 6.03 Å². The molecule has 0 radical (unpaired) electrons. The van der Waals surface area contributed by atoms with Crippen molar-refractivity contribution in [1.82, 2.24) is 15.2 Å². The molecule has 0 saturated carbocycles. The smallest absolute Gasteiger partial charge is 0.323 e. The number of urea groups is 1. The Hall–Kier alpha value is -2.21. The highest BCUT2D eigenvalue weighted by molar-refractivity contribution is 7.11. The van der Waals surface area contributed by atoms with Crippen molar-refractivity contribution < 1.29 is 9.59 Å². The molecule has 2 heterocycles. The molecular formula is C18H21N3O2S. The van der Waals surface area contributed by atoms with Crippen LogP contribution in [0.25, 0.3) is 0 Å². The summed E-state index contributed by atoms with van der Waals surface area (Å²) in [5.74, 6) is -0.158. The van der Waals surface area contributed by atoms with Crippen molar-refractivity contribution in [2.75, 3.05) is 0 Å². The van der Waals surface area contributed by atoms with Gasteiger partial charge in [0.2, 0.25) is 0 Å². The minimum atomic E-state index is -0.847. The van der Waals surface area contributed by atoms with Crippen LogP contribution in [0.1, 0.15) is 34.5 Å². The third-order valence-corrected chi connectivity index (χ3v) is 5.46. The fourth-order valence-corrected chi connectivity index (χ4v) is 3.89. The Kier molecular flexibility index (Phi) is 4.41. The van der Waals surface area contributed by atoms with Crippen LogP contribution in [0.2, 0.25) is 0 Å². The highest BCUT2D eigenvalue weighted by Gasteiger charge is 2.47. The van der Waals surface area contributed by atoms with Crippen LogP contribution in [0.5, 0.6) is 0 Å². The van der Waals surface area contributed by atoms with E-state index in [0.29, 0.717) is 13.0 Å². The number of hydrogen-bond donors (Lipinski definition) is 1. The number of thiazole rings is 1. The van der Waals surface area contributed by atoms with Gasteiger partial charge < -0.3 is 5.32 Å². The lowest BCUT2D eigenvalue weighted by Crippen LogP contribution is -2.44. The second kappa shape index (κ2) is 6.36. The molecule has 3 amide bonds. The van der Waals surface area contributed by atoms with E-state index in [4.69, 9.17) is 0 Å². The first kappa shape index (κ1) is 16.6. The predicted octanol–water partition coefficient (Wildman–Crippen LogP) is 3.20. The fourth-order valence-electron chi connectivity index (χ4n) is 2.96. The Labute approximate surface area is 145 Å². The number of hydrogen-bond acceptors (Lipinski definition) is 4. The van der Waals surface area contributed by atoms with Crippen LogP contribution in [0.15, 0.2) is 30.3 Å². The SMILES string of the molecule is Cc1nc(C)c(CN2C(=O)NC(C)(CCc3ccccc3)C2=O)s1. The molecule has 1 saturated heterocycles. The van der Waals surface area contributed by atoms with Gasteiger partial charge in [-0.1, -0.05) is 30.3 Å². The average molecular weight is 343 g/mol. The number of carbonyl (C=O) groups excluding carboxylic acids is 2. The molecule has 1 fully saturated rings. The fraction of sp³-hybridized carbons (Fsp3) is 0.389. The zero-order valence-corrected chi connectivity index (χ0v) is 14.9. The summed E-state index contributed by atoms with van der Waals surface area (Å²) < 4.78 is 0. The summed E-state index contributed by atoms with van der Waals surface area (Å²) in [6.45, 7) is 5.94. The van der Waals surface area contributed by atoms with Crippen molar-refractivity contribution in [1.29, 1.82) is 0 Å². The van der Waals surface area contributed by atoms with Gasteiger partial charge in [-0.05, 0) is 39.2 Å².